The van der Waals surface area contributed by atoms with Crippen molar-refractivity contribution >= 4 is 39.1 Å². The molecule has 0 saturated heterocycles. The van der Waals surface area contributed by atoms with Crippen LogP contribution < -0.4 is 5.32 Å². The Bertz CT molecular complexity index is 560. The monoisotopic (exact) mass is 376 g/mol. The van der Waals surface area contributed by atoms with Crippen molar-refractivity contribution in [2.45, 2.75) is 19.4 Å². The van der Waals surface area contributed by atoms with Crippen LogP contribution in [-0.4, -0.2) is 21.5 Å². The lowest BCUT2D eigenvalue weighted by Gasteiger charge is -2.21. The van der Waals surface area contributed by atoms with Gasteiger partial charge in [0, 0.05) is 22.7 Å². The van der Waals surface area contributed by atoms with Gasteiger partial charge in [0.1, 0.15) is 0 Å². The van der Waals surface area contributed by atoms with Crippen LogP contribution in [0.5, 0.6) is 0 Å². The zero-order valence-corrected chi connectivity index (χ0v) is 14.3. The first-order valence-corrected chi connectivity index (χ1v) is 7.83. The molecule has 1 aromatic heterocycles. The van der Waals surface area contributed by atoms with Gasteiger partial charge in [0.05, 0.1) is 11.7 Å². The van der Waals surface area contributed by atoms with Crippen molar-refractivity contribution in [1.29, 1.82) is 0 Å². The predicted octanol–water partition coefficient (Wildman–Crippen LogP) is 3.97. The average Bonchev–Trinajstić information content (AvgIpc) is 2.73. The van der Waals surface area contributed by atoms with Gasteiger partial charge in [-0.2, -0.15) is 0 Å². The molecule has 0 aliphatic rings. The summed E-state index contributed by atoms with van der Waals surface area (Å²) >= 11 is 16.1. The molecule has 108 valence electrons. The highest BCUT2D eigenvalue weighted by atomic mass is 79.9. The molecule has 20 heavy (non-hydrogen) atoms. The van der Waals surface area contributed by atoms with E-state index in [0.717, 1.165) is 24.2 Å². The van der Waals surface area contributed by atoms with E-state index in [1.165, 1.54) is 0 Å². The molecule has 0 aliphatic heterocycles. The van der Waals surface area contributed by atoms with Crippen LogP contribution in [0.1, 0.15) is 30.6 Å². The molecule has 1 aromatic carbocycles. The molecular formula is C13H15BrCl2N4. The van der Waals surface area contributed by atoms with Gasteiger partial charge >= 0.3 is 0 Å². The molecule has 7 heteroatoms. The number of aryl methyl sites for hydroxylation is 1. The minimum absolute atomic E-state index is 0.162. The Morgan fingerprint density at radius 3 is 2.50 bits per heavy atom. The molecule has 0 spiro atoms. The van der Waals surface area contributed by atoms with E-state index < -0.39 is 0 Å². The number of rotatable bonds is 5. The highest BCUT2D eigenvalue weighted by Crippen LogP contribution is 2.35. The summed E-state index contributed by atoms with van der Waals surface area (Å²) in [7, 11) is 1.85. The normalized spacial score (nSPS) is 12.7. The summed E-state index contributed by atoms with van der Waals surface area (Å²) in [6, 6.07) is 5.34. The average molecular weight is 378 g/mol. The van der Waals surface area contributed by atoms with Crippen LogP contribution in [0, 0.1) is 0 Å². The van der Waals surface area contributed by atoms with Crippen molar-refractivity contribution in [3.8, 4) is 0 Å². The van der Waals surface area contributed by atoms with E-state index >= 15 is 0 Å². The van der Waals surface area contributed by atoms with Gasteiger partial charge in [-0.15, -0.1) is 5.10 Å². The second kappa shape index (κ2) is 6.89. The van der Waals surface area contributed by atoms with Crippen molar-refractivity contribution in [3.05, 3.63) is 44.1 Å². The van der Waals surface area contributed by atoms with E-state index in [4.69, 9.17) is 23.2 Å². The first kappa shape index (κ1) is 15.8. The fourth-order valence-electron chi connectivity index (χ4n) is 2.06. The standard InChI is InChI=1S/C13H15BrCl2N4/c1-3-7-17-11(12-13(14)18-19-20(12)2)10-8(15)5-4-6-9(10)16/h4-6,11,17H,3,7H2,1-2H3. The summed E-state index contributed by atoms with van der Waals surface area (Å²) in [6.45, 7) is 2.94. The third-order valence-electron chi connectivity index (χ3n) is 2.99. The Hall–Kier alpha value is -0.620. The molecule has 0 saturated carbocycles. The molecule has 0 fully saturated rings. The summed E-state index contributed by atoms with van der Waals surface area (Å²) in [5, 5.41) is 12.8. The maximum atomic E-state index is 6.33. The van der Waals surface area contributed by atoms with Crippen molar-refractivity contribution < 1.29 is 0 Å². The lowest BCUT2D eigenvalue weighted by atomic mass is 10.0. The van der Waals surface area contributed by atoms with Crippen LogP contribution in [0.4, 0.5) is 0 Å². The van der Waals surface area contributed by atoms with Crippen LogP contribution in [0.25, 0.3) is 0 Å². The van der Waals surface area contributed by atoms with Crippen LogP contribution in [0.2, 0.25) is 10.0 Å². The summed E-state index contributed by atoms with van der Waals surface area (Å²) in [5.74, 6) is 0. The predicted molar refractivity (Wildman–Crippen MR) is 85.3 cm³/mol. The number of benzene rings is 1. The van der Waals surface area contributed by atoms with Gasteiger partial charge in [-0.3, -0.25) is 0 Å². The van der Waals surface area contributed by atoms with Crippen molar-refractivity contribution in [2.75, 3.05) is 6.54 Å². The molecular weight excluding hydrogens is 363 g/mol. The molecule has 0 bridgehead atoms. The maximum Gasteiger partial charge on any atom is 0.153 e. The fraction of sp³-hybridized carbons (Fsp3) is 0.385. The van der Waals surface area contributed by atoms with Crippen LogP contribution in [-0.2, 0) is 7.05 Å². The molecule has 1 N–H and O–H groups in total. The molecule has 1 atom stereocenters. The number of halogens is 3. The van der Waals surface area contributed by atoms with Gasteiger partial charge in [0.15, 0.2) is 4.60 Å². The summed E-state index contributed by atoms with van der Waals surface area (Å²) in [6.07, 6.45) is 1.00. The second-order valence-electron chi connectivity index (χ2n) is 4.41. The van der Waals surface area contributed by atoms with Crippen LogP contribution >= 0.6 is 39.1 Å². The van der Waals surface area contributed by atoms with E-state index in [2.05, 4.69) is 38.5 Å². The molecule has 0 radical (unpaired) electrons. The van der Waals surface area contributed by atoms with Gasteiger partial charge < -0.3 is 5.32 Å². The number of aromatic nitrogens is 3. The number of hydrogen-bond donors (Lipinski definition) is 1. The zero-order valence-electron chi connectivity index (χ0n) is 11.2. The fourth-order valence-corrected chi connectivity index (χ4v) is 3.23. The van der Waals surface area contributed by atoms with Crippen molar-refractivity contribution in [1.82, 2.24) is 20.3 Å². The molecule has 1 unspecified atom stereocenters. The SMILES string of the molecule is CCCNC(c1c(Cl)cccc1Cl)c1c(Br)nnn1C. The van der Waals surface area contributed by atoms with Gasteiger partial charge in [-0.05, 0) is 41.0 Å². The quantitative estimate of drug-likeness (QED) is 0.856. The van der Waals surface area contributed by atoms with Gasteiger partial charge in [-0.1, -0.05) is 41.4 Å². The summed E-state index contributed by atoms with van der Waals surface area (Å²) < 4.78 is 2.40. The molecule has 1 heterocycles. The Morgan fingerprint density at radius 1 is 1.35 bits per heavy atom. The van der Waals surface area contributed by atoms with Crippen molar-refractivity contribution in [2.24, 2.45) is 7.05 Å². The van der Waals surface area contributed by atoms with E-state index in [0.29, 0.717) is 14.6 Å². The molecule has 0 aliphatic carbocycles. The lowest BCUT2D eigenvalue weighted by molar-refractivity contribution is 0.550. The Kier molecular flexibility index (Phi) is 5.43. The Morgan fingerprint density at radius 2 is 2.00 bits per heavy atom. The van der Waals surface area contributed by atoms with Gasteiger partial charge in [0.25, 0.3) is 0 Å². The third-order valence-corrected chi connectivity index (χ3v) is 4.21. The third kappa shape index (κ3) is 3.17. The Labute approximate surface area is 136 Å². The van der Waals surface area contributed by atoms with E-state index in [1.807, 2.05) is 25.2 Å². The number of nitrogens with zero attached hydrogens (tertiary/aromatic N) is 3. The van der Waals surface area contributed by atoms with Gasteiger partial charge in [0.2, 0.25) is 0 Å². The topological polar surface area (TPSA) is 42.7 Å². The summed E-state index contributed by atoms with van der Waals surface area (Å²) in [5.41, 5.74) is 1.74. The minimum atomic E-state index is -0.162. The highest BCUT2D eigenvalue weighted by Gasteiger charge is 2.25. The second-order valence-corrected chi connectivity index (χ2v) is 5.98. The molecule has 0 amide bonds. The first-order valence-electron chi connectivity index (χ1n) is 6.28. The van der Waals surface area contributed by atoms with Crippen molar-refractivity contribution in [3.63, 3.8) is 0 Å². The molecule has 2 rings (SSSR count). The maximum absolute atomic E-state index is 6.33. The highest BCUT2D eigenvalue weighted by molar-refractivity contribution is 9.10. The van der Waals surface area contributed by atoms with E-state index in [1.54, 1.807) is 4.68 Å². The zero-order chi connectivity index (χ0) is 14.7. The summed E-state index contributed by atoms with van der Waals surface area (Å²) in [4.78, 5) is 0. The molecule has 2 aromatic rings. The van der Waals surface area contributed by atoms with Crippen LogP contribution in [0.3, 0.4) is 0 Å². The smallest absolute Gasteiger partial charge is 0.153 e. The lowest BCUT2D eigenvalue weighted by Crippen LogP contribution is -2.26. The largest absolute Gasteiger partial charge is 0.305 e. The molecule has 4 nitrogen and oxygen atoms in total. The van der Waals surface area contributed by atoms with Crippen LogP contribution in [0.15, 0.2) is 22.8 Å². The van der Waals surface area contributed by atoms with E-state index in [9.17, 15) is 0 Å². The Balaban J connectivity index is 2.53. The van der Waals surface area contributed by atoms with Gasteiger partial charge in [-0.25, -0.2) is 4.68 Å². The van der Waals surface area contributed by atoms with E-state index in [-0.39, 0.29) is 6.04 Å². The number of nitrogens with one attached hydrogen (secondary N) is 1. The number of hydrogen-bond acceptors (Lipinski definition) is 3. The first-order chi connectivity index (χ1) is 9.56. The minimum Gasteiger partial charge on any atom is -0.305 e.